The molecule has 0 aromatic heterocycles. The van der Waals surface area contributed by atoms with Gasteiger partial charge in [-0.15, -0.1) is 0 Å². The van der Waals surface area contributed by atoms with Gasteiger partial charge >= 0.3 is 0 Å². The molecule has 2 aromatic carbocycles. The van der Waals surface area contributed by atoms with Crippen LogP contribution in [-0.2, 0) is 9.59 Å². The summed E-state index contributed by atoms with van der Waals surface area (Å²) in [6.07, 6.45) is 3.03. The molecule has 124 valence electrons. The summed E-state index contributed by atoms with van der Waals surface area (Å²) >= 11 is 11.7. The minimum absolute atomic E-state index is 0.179. The largest absolute Gasteiger partial charge is 0.484 e. The van der Waals surface area contributed by atoms with Gasteiger partial charge in [-0.2, -0.15) is 0 Å². The number of benzene rings is 2. The molecule has 0 aliphatic heterocycles. The average molecular weight is 365 g/mol. The zero-order valence-corrected chi connectivity index (χ0v) is 14.0. The molecule has 0 atom stereocenters. The molecule has 0 saturated carbocycles. The molecule has 0 spiro atoms. The van der Waals surface area contributed by atoms with E-state index in [2.05, 4.69) is 5.32 Å². The highest BCUT2D eigenvalue weighted by atomic mass is 35.5. The number of anilines is 1. The molecule has 0 aliphatic rings. The fourth-order valence-electron chi connectivity index (χ4n) is 1.76. The van der Waals surface area contributed by atoms with E-state index in [1.165, 1.54) is 6.08 Å². The molecule has 0 radical (unpaired) electrons. The van der Waals surface area contributed by atoms with Gasteiger partial charge in [-0.1, -0.05) is 35.3 Å². The summed E-state index contributed by atoms with van der Waals surface area (Å²) in [6.45, 7) is -0.179. The highest BCUT2D eigenvalue weighted by Gasteiger charge is 2.02. The summed E-state index contributed by atoms with van der Waals surface area (Å²) < 4.78 is 5.15. The average Bonchev–Trinajstić information content (AvgIpc) is 2.55. The van der Waals surface area contributed by atoms with E-state index in [9.17, 15) is 9.59 Å². The molecule has 2 amide bonds. The van der Waals surface area contributed by atoms with E-state index in [4.69, 9.17) is 33.7 Å². The van der Waals surface area contributed by atoms with Gasteiger partial charge in [0.25, 0.3) is 5.91 Å². The van der Waals surface area contributed by atoms with Crippen molar-refractivity contribution in [3.8, 4) is 5.75 Å². The van der Waals surface area contributed by atoms with Crippen molar-refractivity contribution in [1.82, 2.24) is 0 Å². The lowest BCUT2D eigenvalue weighted by Crippen LogP contribution is -2.19. The first-order valence-corrected chi connectivity index (χ1v) is 7.65. The number of rotatable bonds is 6. The molecule has 0 unspecified atom stereocenters. The molecule has 7 heteroatoms. The van der Waals surface area contributed by atoms with Crippen LogP contribution in [0.25, 0.3) is 6.08 Å². The molecular weight excluding hydrogens is 351 g/mol. The van der Waals surface area contributed by atoms with E-state index >= 15 is 0 Å². The summed E-state index contributed by atoms with van der Waals surface area (Å²) in [4.78, 5) is 22.5. The van der Waals surface area contributed by atoms with Crippen molar-refractivity contribution in [1.29, 1.82) is 0 Å². The second-order valence-corrected chi connectivity index (χ2v) is 5.59. The van der Waals surface area contributed by atoms with Gasteiger partial charge in [-0.25, -0.2) is 0 Å². The van der Waals surface area contributed by atoms with Gasteiger partial charge in [0.1, 0.15) is 5.75 Å². The molecule has 0 saturated heterocycles. The number of carbonyl (C=O) groups is 2. The smallest absolute Gasteiger partial charge is 0.255 e. The van der Waals surface area contributed by atoms with Gasteiger partial charge in [0.05, 0.1) is 10.0 Å². The van der Waals surface area contributed by atoms with Gasteiger partial charge in [-0.05, 0) is 42.0 Å². The molecular formula is C17H14Cl2N2O3. The molecule has 0 aliphatic carbocycles. The van der Waals surface area contributed by atoms with Crippen LogP contribution in [-0.4, -0.2) is 18.4 Å². The van der Waals surface area contributed by atoms with Crippen LogP contribution in [0.2, 0.25) is 10.0 Å². The number of ether oxygens (including phenoxy) is 1. The second-order valence-electron chi connectivity index (χ2n) is 4.78. The van der Waals surface area contributed by atoms with Crippen LogP contribution in [0.15, 0.2) is 48.5 Å². The number of primary amides is 1. The normalized spacial score (nSPS) is 10.6. The van der Waals surface area contributed by atoms with E-state index in [-0.39, 0.29) is 12.5 Å². The highest BCUT2D eigenvalue weighted by molar-refractivity contribution is 6.42. The molecule has 0 heterocycles. The van der Waals surface area contributed by atoms with Gasteiger partial charge < -0.3 is 15.8 Å². The van der Waals surface area contributed by atoms with Gasteiger partial charge in [0.15, 0.2) is 6.61 Å². The third-order valence-corrected chi connectivity index (χ3v) is 3.61. The van der Waals surface area contributed by atoms with Crippen molar-refractivity contribution >= 4 is 46.8 Å². The predicted octanol–water partition coefficient (Wildman–Crippen LogP) is 3.51. The number of nitrogens with one attached hydrogen (secondary N) is 1. The van der Waals surface area contributed by atoms with Crippen molar-refractivity contribution in [2.24, 2.45) is 5.73 Å². The number of halogens is 2. The molecule has 2 aromatic rings. The highest BCUT2D eigenvalue weighted by Crippen LogP contribution is 2.25. The number of hydrogen-bond donors (Lipinski definition) is 2. The van der Waals surface area contributed by atoms with Gasteiger partial charge in [-0.3, -0.25) is 9.59 Å². The lowest BCUT2D eigenvalue weighted by Gasteiger charge is -2.04. The molecule has 2 rings (SSSR count). The lowest BCUT2D eigenvalue weighted by molar-refractivity contribution is -0.120. The van der Waals surface area contributed by atoms with E-state index in [1.54, 1.807) is 48.5 Å². The first-order chi connectivity index (χ1) is 11.4. The Bertz CT molecular complexity index is 774. The Morgan fingerprint density at radius 2 is 1.79 bits per heavy atom. The van der Waals surface area contributed by atoms with E-state index in [1.807, 2.05) is 0 Å². The number of carbonyl (C=O) groups excluding carboxylic acids is 2. The summed E-state index contributed by atoms with van der Waals surface area (Å²) in [7, 11) is 0. The maximum absolute atomic E-state index is 11.9. The number of hydrogen-bond acceptors (Lipinski definition) is 3. The fraction of sp³-hybridized carbons (Fsp3) is 0.0588. The van der Waals surface area contributed by atoms with Crippen molar-refractivity contribution in [2.45, 2.75) is 0 Å². The van der Waals surface area contributed by atoms with Crippen molar-refractivity contribution in [3.63, 3.8) is 0 Å². The Labute approximate surface area is 149 Å². The number of nitrogens with two attached hydrogens (primary N) is 1. The maximum atomic E-state index is 11.9. The third-order valence-electron chi connectivity index (χ3n) is 2.88. The van der Waals surface area contributed by atoms with Crippen LogP contribution >= 0.6 is 23.2 Å². The standard InChI is InChI=1S/C17H14Cl2N2O3/c18-14-7-4-12(9-15(14)19)21-17(23)8-3-11-1-5-13(6-2-11)24-10-16(20)22/h1-9H,10H2,(H2,20,22)(H,21,23). The fourth-order valence-corrected chi connectivity index (χ4v) is 2.06. The van der Waals surface area contributed by atoms with Gasteiger partial charge in [0.2, 0.25) is 5.91 Å². The predicted molar refractivity (Wildman–Crippen MR) is 95.3 cm³/mol. The molecule has 5 nitrogen and oxygen atoms in total. The Morgan fingerprint density at radius 3 is 2.42 bits per heavy atom. The second kappa shape index (κ2) is 8.38. The summed E-state index contributed by atoms with van der Waals surface area (Å²) in [5.41, 5.74) is 6.34. The topological polar surface area (TPSA) is 81.4 Å². The third kappa shape index (κ3) is 5.61. The van der Waals surface area contributed by atoms with Crippen molar-refractivity contribution in [3.05, 3.63) is 64.1 Å². The van der Waals surface area contributed by atoms with Crippen LogP contribution < -0.4 is 15.8 Å². The zero-order valence-electron chi connectivity index (χ0n) is 12.5. The summed E-state index contributed by atoms with van der Waals surface area (Å²) in [5, 5.41) is 3.47. The minimum Gasteiger partial charge on any atom is -0.484 e. The van der Waals surface area contributed by atoms with Gasteiger partial charge in [0, 0.05) is 11.8 Å². The van der Waals surface area contributed by atoms with Crippen LogP contribution in [0.3, 0.4) is 0 Å². The Balaban J connectivity index is 1.93. The van der Waals surface area contributed by atoms with Crippen molar-refractivity contribution in [2.75, 3.05) is 11.9 Å². The quantitative estimate of drug-likeness (QED) is 0.769. The first kappa shape index (κ1) is 17.8. The Morgan fingerprint density at radius 1 is 1.08 bits per heavy atom. The lowest BCUT2D eigenvalue weighted by atomic mass is 10.2. The number of amides is 2. The first-order valence-electron chi connectivity index (χ1n) is 6.89. The molecule has 24 heavy (non-hydrogen) atoms. The van der Waals surface area contributed by atoms with E-state index in [0.29, 0.717) is 21.5 Å². The van der Waals surface area contributed by atoms with Crippen LogP contribution in [0, 0.1) is 0 Å². The SMILES string of the molecule is NC(=O)COc1ccc(C=CC(=O)Nc2ccc(Cl)c(Cl)c2)cc1. The summed E-state index contributed by atoms with van der Waals surface area (Å²) in [5.74, 6) is -0.327. The van der Waals surface area contributed by atoms with Crippen LogP contribution in [0.4, 0.5) is 5.69 Å². The maximum Gasteiger partial charge on any atom is 0.255 e. The van der Waals surface area contributed by atoms with Crippen LogP contribution in [0.5, 0.6) is 5.75 Å². The van der Waals surface area contributed by atoms with E-state index < -0.39 is 5.91 Å². The molecule has 0 fully saturated rings. The van der Waals surface area contributed by atoms with E-state index in [0.717, 1.165) is 5.56 Å². The Kier molecular flexibility index (Phi) is 6.23. The summed E-state index contributed by atoms with van der Waals surface area (Å²) in [6, 6.07) is 11.7. The minimum atomic E-state index is -0.544. The molecule has 0 bridgehead atoms. The zero-order chi connectivity index (χ0) is 17.5. The molecule has 3 N–H and O–H groups in total. The Hall–Kier alpha value is -2.50. The monoisotopic (exact) mass is 364 g/mol. The van der Waals surface area contributed by atoms with Crippen LogP contribution in [0.1, 0.15) is 5.56 Å². The van der Waals surface area contributed by atoms with Crippen molar-refractivity contribution < 1.29 is 14.3 Å².